The molecule has 1 saturated heterocycles. The van der Waals surface area contributed by atoms with Crippen molar-refractivity contribution in [1.29, 1.82) is 0 Å². The Labute approximate surface area is 116 Å². The van der Waals surface area contributed by atoms with E-state index in [1.54, 1.807) is 10.9 Å². The summed E-state index contributed by atoms with van der Waals surface area (Å²) in [5.41, 5.74) is 6.75. The van der Waals surface area contributed by atoms with Crippen LogP contribution in [0.2, 0.25) is 0 Å². The van der Waals surface area contributed by atoms with Crippen molar-refractivity contribution < 1.29 is 14.9 Å². The number of aromatic nitrogens is 4. The summed E-state index contributed by atoms with van der Waals surface area (Å²) in [7, 11) is 0. The minimum atomic E-state index is -0.709. The van der Waals surface area contributed by atoms with Crippen LogP contribution in [-0.2, 0) is 4.74 Å². The molecule has 3 heterocycles. The van der Waals surface area contributed by atoms with Crippen LogP contribution in [0.25, 0.3) is 11.2 Å². The van der Waals surface area contributed by atoms with E-state index in [0.717, 1.165) is 0 Å². The van der Waals surface area contributed by atoms with Crippen LogP contribution in [0.3, 0.4) is 0 Å². The minimum absolute atomic E-state index is 0.139. The molecule has 0 saturated carbocycles. The number of aliphatic hydroxyl groups excluding tert-OH is 2. The fourth-order valence-electron chi connectivity index (χ4n) is 2.17. The molecule has 9 heteroatoms. The fraction of sp³-hybridized carbons (Fsp3) is 0.500. The van der Waals surface area contributed by atoms with Crippen molar-refractivity contribution in [3.63, 3.8) is 0 Å². The Kier molecular flexibility index (Phi) is 3.15. The van der Waals surface area contributed by atoms with E-state index in [9.17, 15) is 5.11 Å². The average Bonchev–Trinajstić information content (AvgIpc) is 2.92. The van der Waals surface area contributed by atoms with E-state index in [1.807, 2.05) is 0 Å². The molecular weight excluding hydrogens is 317 g/mol. The number of hydrogen-bond donors (Lipinski definition) is 3. The standard InChI is InChI=1S/C10H12N5O3Se/c11-10-13-8-7(9(19)14-10)12-3-15(8)6-1-4(17)5(2-16)18-6/h3-6,16-17H,1-2H2,(H2,11,13,14). The summed E-state index contributed by atoms with van der Waals surface area (Å²) in [5.74, 6) is 0.139. The molecule has 1 aliphatic rings. The van der Waals surface area contributed by atoms with Gasteiger partial charge in [-0.05, 0) is 0 Å². The zero-order valence-electron chi connectivity index (χ0n) is 9.80. The Bertz CT molecular complexity index is 618. The summed E-state index contributed by atoms with van der Waals surface area (Å²) in [4.78, 5) is 12.3. The molecule has 3 rings (SSSR count). The Morgan fingerprint density at radius 1 is 1.53 bits per heavy atom. The number of fused-ring (bicyclic) bond motifs is 1. The van der Waals surface area contributed by atoms with Crippen LogP contribution >= 0.6 is 0 Å². The average molecular weight is 329 g/mol. The van der Waals surface area contributed by atoms with Gasteiger partial charge in [-0.2, -0.15) is 0 Å². The van der Waals surface area contributed by atoms with E-state index in [0.29, 0.717) is 22.2 Å². The van der Waals surface area contributed by atoms with Crippen LogP contribution in [0.1, 0.15) is 12.6 Å². The normalized spacial score (nSPS) is 27.2. The number of aliphatic hydroxyl groups is 2. The van der Waals surface area contributed by atoms with E-state index >= 15 is 0 Å². The van der Waals surface area contributed by atoms with Crippen molar-refractivity contribution >= 4 is 37.7 Å². The summed E-state index contributed by atoms with van der Waals surface area (Å²) in [5, 5.41) is 18.8. The van der Waals surface area contributed by atoms with Crippen molar-refractivity contribution in [1.82, 2.24) is 19.5 Å². The quantitative estimate of drug-likeness (QED) is 0.537. The van der Waals surface area contributed by atoms with Gasteiger partial charge in [0.15, 0.2) is 0 Å². The Morgan fingerprint density at radius 2 is 2.32 bits per heavy atom. The molecule has 0 spiro atoms. The number of nitrogens with zero attached hydrogens (tertiary/aromatic N) is 4. The molecule has 3 unspecified atom stereocenters. The monoisotopic (exact) mass is 330 g/mol. The number of imidazole rings is 1. The Balaban J connectivity index is 2.02. The van der Waals surface area contributed by atoms with Crippen molar-refractivity contribution in [3.05, 3.63) is 6.33 Å². The third kappa shape index (κ3) is 2.09. The second-order valence-electron chi connectivity index (χ2n) is 4.33. The first kappa shape index (κ1) is 12.8. The third-order valence-corrected chi connectivity index (χ3v) is 3.70. The fourth-order valence-corrected chi connectivity index (χ4v) is 2.67. The zero-order valence-corrected chi connectivity index (χ0v) is 11.5. The summed E-state index contributed by atoms with van der Waals surface area (Å²) < 4.78 is 7.82. The molecule has 2 aromatic rings. The van der Waals surface area contributed by atoms with Gasteiger partial charge >= 0.3 is 116 Å². The van der Waals surface area contributed by atoms with Gasteiger partial charge in [-0.15, -0.1) is 0 Å². The van der Waals surface area contributed by atoms with Crippen LogP contribution in [0, 0.1) is 0 Å². The first-order valence-electron chi connectivity index (χ1n) is 5.71. The van der Waals surface area contributed by atoms with E-state index in [4.69, 9.17) is 15.6 Å². The van der Waals surface area contributed by atoms with Crippen molar-refractivity contribution in [2.45, 2.75) is 24.9 Å². The van der Waals surface area contributed by atoms with Crippen LogP contribution in [-0.4, -0.2) is 64.6 Å². The van der Waals surface area contributed by atoms with Crippen molar-refractivity contribution in [2.75, 3.05) is 12.3 Å². The van der Waals surface area contributed by atoms with Gasteiger partial charge in [0.1, 0.15) is 0 Å². The molecule has 8 nitrogen and oxygen atoms in total. The van der Waals surface area contributed by atoms with Crippen molar-refractivity contribution in [2.24, 2.45) is 0 Å². The summed E-state index contributed by atoms with van der Waals surface area (Å²) in [6.45, 7) is -0.228. The number of anilines is 1. The van der Waals surface area contributed by atoms with Gasteiger partial charge in [0.2, 0.25) is 0 Å². The number of nitrogens with two attached hydrogens (primary N) is 1. The molecule has 19 heavy (non-hydrogen) atoms. The maximum atomic E-state index is 9.76. The van der Waals surface area contributed by atoms with Gasteiger partial charge < -0.3 is 0 Å². The van der Waals surface area contributed by atoms with E-state index in [1.165, 1.54) is 0 Å². The predicted octanol–water partition coefficient (Wildman–Crippen LogP) is -2.16. The van der Waals surface area contributed by atoms with E-state index in [-0.39, 0.29) is 12.6 Å². The summed E-state index contributed by atoms with van der Waals surface area (Å²) in [6, 6.07) is 0. The topological polar surface area (TPSA) is 119 Å². The van der Waals surface area contributed by atoms with Gasteiger partial charge in [-0.25, -0.2) is 0 Å². The molecule has 2 aromatic heterocycles. The predicted molar refractivity (Wildman–Crippen MR) is 66.7 cm³/mol. The molecule has 1 fully saturated rings. The van der Waals surface area contributed by atoms with Crippen LogP contribution < -0.4 is 10.3 Å². The van der Waals surface area contributed by atoms with Gasteiger partial charge in [-0.3, -0.25) is 0 Å². The van der Waals surface area contributed by atoms with Crippen molar-refractivity contribution in [3.8, 4) is 0 Å². The number of nitrogen functional groups attached to an aromatic ring is 1. The second-order valence-corrected chi connectivity index (χ2v) is 5.14. The number of hydrogen-bond acceptors (Lipinski definition) is 7. The second kappa shape index (κ2) is 4.69. The molecule has 0 amide bonds. The maximum absolute atomic E-state index is 9.76. The van der Waals surface area contributed by atoms with E-state index < -0.39 is 18.4 Å². The molecular formula is C10H12N5O3Se. The number of rotatable bonds is 2. The van der Waals surface area contributed by atoms with Crippen LogP contribution in [0.4, 0.5) is 5.95 Å². The summed E-state index contributed by atoms with van der Waals surface area (Å²) in [6.07, 6.45) is 0.208. The first-order chi connectivity index (χ1) is 9.10. The summed E-state index contributed by atoms with van der Waals surface area (Å²) >= 11 is 2.78. The molecule has 0 aliphatic carbocycles. The Hall–Kier alpha value is -1.25. The molecule has 1 aliphatic heterocycles. The first-order valence-corrected chi connectivity index (χ1v) is 6.57. The Morgan fingerprint density at radius 3 is 3.00 bits per heavy atom. The molecule has 4 N–H and O–H groups in total. The molecule has 1 radical (unpaired) electrons. The van der Waals surface area contributed by atoms with Gasteiger partial charge in [0, 0.05) is 0 Å². The number of ether oxygens (including phenoxy) is 1. The van der Waals surface area contributed by atoms with Crippen LogP contribution in [0.5, 0.6) is 0 Å². The van der Waals surface area contributed by atoms with Crippen LogP contribution in [0.15, 0.2) is 6.33 Å². The van der Waals surface area contributed by atoms with Gasteiger partial charge in [-0.1, -0.05) is 0 Å². The van der Waals surface area contributed by atoms with E-state index in [2.05, 4.69) is 31.0 Å². The SMILES string of the molecule is Nc1nc([Se])c2ncn(C3CC(O)C(CO)O3)c2n1. The molecule has 0 aromatic carbocycles. The third-order valence-electron chi connectivity index (χ3n) is 3.10. The van der Waals surface area contributed by atoms with Gasteiger partial charge in [0.05, 0.1) is 0 Å². The molecule has 0 bridgehead atoms. The van der Waals surface area contributed by atoms with Gasteiger partial charge in [0.25, 0.3) is 0 Å². The molecule has 3 atom stereocenters. The molecule has 101 valence electrons. The zero-order chi connectivity index (χ0) is 13.6.